The van der Waals surface area contributed by atoms with Crippen molar-refractivity contribution in [3.05, 3.63) is 78.8 Å². The van der Waals surface area contributed by atoms with Crippen LogP contribution in [0.3, 0.4) is 0 Å². The highest BCUT2D eigenvalue weighted by Crippen LogP contribution is 2.25. The van der Waals surface area contributed by atoms with E-state index >= 15 is 0 Å². The Labute approximate surface area is 118 Å². The van der Waals surface area contributed by atoms with E-state index in [-0.39, 0.29) is 17.1 Å². The van der Waals surface area contributed by atoms with Gasteiger partial charge < -0.3 is 0 Å². The Morgan fingerprint density at radius 1 is 1.20 bits per heavy atom. The van der Waals surface area contributed by atoms with Crippen molar-refractivity contribution in [1.29, 1.82) is 0 Å². The summed E-state index contributed by atoms with van der Waals surface area (Å²) in [5, 5.41) is 23.1. The minimum absolute atomic E-state index is 0.00361. The van der Waals surface area contributed by atoms with Crippen molar-refractivity contribution >= 4 is 22.4 Å². The molecule has 0 aliphatic rings. The van der Waals surface area contributed by atoms with Gasteiger partial charge in [-0.3, -0.25) is 20.2 Å². The summed E-state index contributed by atoms with van der Waals surface area (Å²) in [6.07, 6.45) is 1.55. The average molecular weight is 290 g/mol. The molecule has 0 N–H and O–H groups in total. The Balaban J connectivity index is 2.25. The van der Waals surface area contributed by atoms with Crippen LogP contribution in [-0.2, 0) is 6.42 Å². The smallest absolute Gasteiger partial charge is 0.259 e. The molecule has 2 rings (SSSR count). The third kappa shape index (κ3) is 3.48. The number of thiophene rings is 1. The SMILES string of the molecule is O=[N+]([O-])C(=Cc1csc([N+](=O)[O-])c1)Cc1ccccc1. The molecule has 0 aliphatic carbocycles. The number of rotatable bonds is 5. The molecule has 2 aromatic rings. The first-order valence-electron chi connectivity index (χ1n) is 5.68. The van der Waals surface area contributed by atoms with E-state index in [4.69, 9.17) is 0 Å². The van der Waals surface area contributed by atoms with Crippen molar-refractivity contribution in [1.82, 2.24) is 0 Å². The van der Waals surface area contributed by atoms with Crippen LogP contribution in [-0.4, -0.2) is 9.85 Å². The molecule has 0 atom stereocenters. The summed E-state index contributed by atoms with van der Waals surface area (Å²) in [5.41, 5.74) is 1.30. The van der Waals surface area contributed by atoms with Crippen molar-refractivity contribution in [2.45, 2.75) is 6.42 Å². The number of hydrogen-bond donors (Lipinski definition) is 0. The molecule has 0 radical (unpaired) electrons. The van der Waals surface area contributed by atoms with Gasteiger partial charge in [0.25, 0.3) is 5.70 Å². The van der Waals surface area contributed by atoms with Gasteiger partial charge in [0.15, 0.2) is 0 Å². The Kier molecular flexibility index (Phi) is 4.21. The molecule has 0 fully saturated rings. The molecule has 6 nitrogen and oxygen atoms in total. The van der Waals surface area contributed by atoms with E-state index in [2.05, 4.69) is 0 Å². The standard InChI is InChI=1S/C13H10N2O4S/c16-14(17)12(6-10-4-2-1-3-5-10)7-11-8-13(15(18)19)20-9-11/h1-5,7-9H,6H2. The molecule has 0 aliphatic heterocycles. The van der Waals surface area contributed by atoms with Crippen molar-refractivity contribution in [2.24, 2.45) is 0 Å². The Bertz CT molecular complexity index is 664. The lowest BCUT2D eigenvalue weighted by Gasteiger charge is -1.99. The zero-order chi connectivity index (χ0) is 14.5. The van der Waals surface area contributed by atoms with Gasteiger partial charge in [-0.2, -0.15) is 0 Å². The lowest BCUT2D eigenvalue weighted by Crippen LogP contribution is -2.02. The zero-order valence-corrected chi connectivity index (χ0v) is 11.1. The second-order valence-electron chi connectivity index (χ2n) is 4.03. The van der Waals surface area contributed by atoms with Gasteiger partial charge in [0.1, 0.15) is 0 Å². The molecule has 1 aromatic heterocycles. The number of nitrogens with zero attached hydrogens (tertiary/aromatic N) is 2. The van der Waals surface area contributed by atoms with Crippen molar-refractivity contribution < 1.29 is 9.85 Å². The Morgan fingerprint density at radius 3 is 2.45 bits per heavy atom. The lowest BCUT2D eigenvalue weighted by molar-refractivity contribution is -0.425. The minimum Gasteiger partial charge on any atom is -0.259 e. The van der Waals surface area contributed by atoms with Crippen molar-refractivity contribution in [3.8, 4) is 0 Å². The van der Waals surface area contributed by atoms with Crippen LogP contribution < -0.4 is 0 Å². The molecule has 7 heteroatoms. The van der Waals surface area contributed by atoms with Gasteiger partial charge in [-0.05, 0) is 11.1 Å². The number of benzene rings is 1. The highest BCUT2D eigenvalue weighted by molar-refractivity contribution is 7.13. The van der Waals surface area contributed by atoms with E-state index in [9.17, 15) is 20.2 Å². The van der Waals surface area contributed by atoms with E-state index in [0.29, 0.717) is 5.56 Å². The Morgan fingerprint density at radius 2 is 1.90 bits per heavy atom. The molecule has 0 amide bonds. The van der Waals surface area contributed by atoms with Crippen LogP contribution in [0.25, 0.3) is 6.08 Å². The van der Waals surface area contributed by atoms with E-state index in [1.54, 1.807) is 12.1 Å². The quantitative estimate of drug-likeness (QED) is 0.622. The highest BCUT2D eigenvalue weighted by Gasteiger charge is 2.14. The van der Waals surface area contributed by atoms with Gasteiger partial charge >= 0.3 is 5.00 Å². The fourth-order valence-corrected chi connectivity index (χ4v) is 2.36. The maximum Gasteiger partial charge on any atom is 0.324 e. The second kappa shape index (κ2) is 6.07. The van der Waals surface area contributed by atoms with Crippen molar-refractivity contribution in [2.75, 3.05) is 0 Å². The molecule has 102 valence electrons. The van der Waals surface area contributed by atoms with Crippen LogP contribution >= 0.6 is 11.3 Å². The number of nitro groups is 2. The molecule has 0 unspecified atom stereocenters. The number of hydrogen-bond acceptors (Lipinski definition) is 5. The third-order valence-corrected chi connectivity index (χ3v) is 3.48. The predicted molar refractivity (Wildman–Crippen MR) is 76.1 cm³/mol. The summed E-state index contributed by atoms with van der Waals surface area (Å²) in [4.78, 5) is 20.7. The molecule has 1 heterocycles. The summed E-state index contributed by atoms with van der Waals surface area (Å²) in [6.45, 7) is 0. The first-order chi connectivity index (χ1) is 9.56. The van der Waals surface area contributed by atoms with Crippen LogP contribution in [0.15, 0.2) is 47.5 Å². The van der Waals surface area contributed by atoms with Crippen molar-refractivity contribution in [3.63, 3.8) is 0 Å². The fraction of sp³-hybridized carbons (Fsp3) is 0.0769. The molecule has 0 bridgehead atoms. The summed E-state index contributed by atoms with van der Waals surface area (Å²) in [7, 11) is 0. The third-order valence-electron chi connectivity index (χ3n) is 2.58. The van der Waals surface area contributed by atoms with Gasteiger partial charge in [-0.1, -0.05) is 41.7 Å². The molecule has 1 aromatic carbocycles. The van der Waals surface area contributed by atoms with Crippen LogP contribution in [0, 0.1) is 20.2 Å². The van der Waals surface area contributed by atoms with Gasteiger partial charge in [0.2, 0.25) is 0 Å². The fourth-order valence-electron chi connectivity index (χ4n) is 1.68. The molecular formula is C13H10N2O4S. The zero-order valence-electron chi connectivity index (χ0n) is 10.3. The minimum atomic E-state index is -0.509. The van der Waals surface area contributed by atoms with Gasteiger partial charge in [-0.25, -0.2) is 0 Å². The maximum atomic E-state index is 11.1. The maximum absolute atomic E-state index is 11.1. The van der Waals surface area contributed by atoms with Crippen LogP contribution in [0.2, 0.25) is 0 Å². The first-order valence-corrected chi connectivity index (χ1v) is 6.56. The van der Waals surface area contributed by atoms with E-state index in [1.165, 1.54) is 17.5 Å². The van der Waals surface area contributed by atoms with E-state index in [0.717, 1.165) is 16.9 Å². The largest absolute Gasteiger partial charge is 0.324 e. The van der Waals surface area contributed by atoms with Gasteiger partial charge in [-0.15, -0.1) is 0 Å². The number of allylic oxidation sites excluding steroid dienone is 1. The molecule has 0 saturated heterocycles. The monoisotopic (exact) mass is 290 g/mol. The van der Waals surface area contributed by atoms with Gasteiger partial charge in [0.05, 0.1) is 16.3 Å². The van der Waals surface area contributed by atoms with E-state index in [1.807, 2.05) is 18.2 Å². The molecule has 0 saturated carbocycles. The van der Waals surface area contributed by atoms with Crippen LogP contribution in [0.4, 0.5) is 5.00 Å². The van der Waals surface area contributed by atoms with Gasteiger partial charge in [0, 0.05) is 17.5 Å². The molecule has 0 spiro atoms. The van der Waals surface area contributed by atoms with Crippen LogP contribution in [0.5, 0.6) is 0 Å². The summed E-state index contributed by atoms with van der Waals surface area (Å²) in [5.74, 6) is 0. The van der Waals surface area contributed by atoms with E-state index < -0.39 is 9.85 Å². The molecule has 20 heavy (non-hydrogen) atoms. The lowest BCUT2D eigenvalue weighted by atomic mass is 10.1. The predicted octanol–water partition coefficient (Wildman–Crippen LogP) is 3.52. The average Bonchev–Trinajstić information content (AvgIpc) is 2.88. The second-order valence-corrected chi connectivity index (χ2v) is 4.92. The summed E-state index contributed by atoms with van der Waals surface area (Å²) >= 11 is 0.951. The van der Waals surface area contributed by atoms with Crippen LogP contribution in [0.1, 0.15) is 11.1 Å². The summed E-state index contributed by atoms with van der Waals surface area (Å²) < 4.78 is 0. The first kappa shape index (κ1) is 13.9. The molecular weight excluding hydrogens is 280 g/mol. The topological polar surface area (TPSA) is 86.3 Å². The Hall–Kier alpha value is -2.54. The highest BCUT2D eigenvalue weighted by atomic mass is 32.1. The summed E-state index contributed by atoms with van der Waals surface area (Å²) in [6, 6.07) is 10.4. The normalized spacial score (nSPS) is 11.3.